The Balaban J connectivity index is 1.30. The number of aliphatic imine (C=N–C) groups is 1. The van der Waals surface area contributed by atoms with Gasteiger partial charge < -0.3 is 10.4 Å². The molecule has 0 aliphatic heterocycles. The van der Waals surface area contributed by atoms with Crippen molar-refractivity contribution in [2.24, 2.45) is 22.7 Å². The fraction of sp³-hybridized carbons (Fsp3) is 0.400. The third kappa shape index (κ3) is 4.67. The largest absolute Gasteiger partial charge is 0.493 e. The molecule has 4 saturated carbocycles. The molecule has 7 rings (SSSR count). The third-order valence-corrected chi connectivity index (χ3v) is 9.53. The first-order valence-electron chi connectivity index (χ1n) is 13.4. The molecule has 3 aromatic rings. The van der Waals surface area contributed by atoms with Crippen LogP contribution in [0.2, 0.25) is 0 Å². The molecule has 4 aliphatic rings. The summed E-state index contributed by atoms with van der Waals surface area (Å²) in [6.45, 7) is 3.82. The minimum absolute atomic E-state index is 0.175. The van der Waals surface area contributed by atoms with Crippen molar-refractivity contribution in [3.8, 4) is 11.6 Å². The molecule has 8 nitrogen and oxygen atoms in total. The Hall–Kier alpha value is -3.46. The van der Waals surface area contributed by atoms with Gasteiger partial charge in [0.05, 0.1) is 11.9 Å². The van der Waals surface area contributed by atoms with Crippen LogP contribution in [0.1, 0.15) is 60.8 Å². The summed E-state index contributed by atoms with van der Waals surface area (Å²) in [5.74, 6) is 1.81. The van der Waals surface area contributed by atoms with Gasteiger partial charge in [-0.1, -0.05) is 23.8 Å². The van der Waals surface area contributed by atoms with Crippen molar-refractivity contribution in [3.63, 3.8) is 0 Å². The number of H-pyrrole nitrogens is 1. The molecule has 2 aromatic carbocycles. The van der Waals surface area contributed by atoms with E-state index in [-0.39, 0.29) is 11.0 Å². The number of amides is 2. The van der Waals surface area contributed by atoms with Crippen LogP contribution >= 0.6 is 15.9 Å². The highest BCUT2D eigenvalue weighted by Crippen LogP contribution is 2.61. The highest BCUT2D eigenvalue weighted by atomic mass is 79.9. The van der Waals surface area contributed by atoms with Gasteiger partial charge in [0.2, 0.25) is 5.88 Å². The number of carbonyl (C=O) groups excluding carboxylic acids is 1. The topological polar surface area (TPSA) is 117 Å². The van der Waals surface area contributed by atoms with Crippen molar-refractivity contribution in [3.05, 3.63) is 84.0 Å². The highest BCUT2D eigenvalue weighted by molar-refractivity contribution is 9.10. The molecule has 9 heteroatoms. The maximum Gasteiger partial charge on any atom is 0.345 e. The van der Waals surface area contributed by atoms with Crippen molar-refractivity contribution in [1.29, 1.82) is 0 Å². The van der Waals surface area contributed by atoms with E-state index in [9.17, 15) is 19.5 Å². The van der Waals surface area contributed by atoms with E-state index in [0.29, 0.717) is 15.8 Å². The van der Waals surface area contributed by atoms with Gasteiger partial charge in [-0.2, -0.15) is 0 Å². The Kier molecular flexibility index (Phi) is 6.37. The Bertz CT molecular complexity index is 1600. The predicted octanol–water partition coefficient (Wildman–Crippen LogP) is 5.73. The molecule has 0 spiro atoms. The highest BCUT2D eigenvalue weighted by Gasteiger charge is 2.51. The first-order chi connectivity index (χ1) is 18.6. The van der Waals surface area contributed by atoms with E-state index in [0.717, 1.165) is 39.7 Å². The molecule has 202 valence electrons. The van der Waals surface area contributed by atoms with Crippen molar-refractivity contribution in [2.45, 2.75) is 57.8 Å². The second-order valence-electron chi connectivity index (χ2n) is 11.7. The van der Waals surface area contributed by atoms with E-state index in [1.807, 2.05) is 32.0 Å². The molecule has 0 saturated heterocycles. The summed E-state index contributed by atoms with van der Waals surface area (Å²) in [5, 5.41) is 13.7. The smallest absolute Gasteiger partial charge is 0.345 e. The Labute approximate surface area is 234 Å². The molecule has 3 N–H and O–H groups in total. The number of aromatic hydroxyl groups is 1. The molecular weight excluding hydrogens is 560 g/mol. The van der Waals surface area contributed by atoms with E-state index in [2.05, 4.69) is 43.4 Å². The molecule has 1 aromatic heterocycles. The zero-order valence-corrected chi connectivity index (χ0v) is 23.5. The van der Waals surface area contributed by atoms with Gasteiger partial charge in [-0.15, -0.1) is 0 Å². The average Bonchev–Trinajstić information content (AvgIpc) is 2.85. The summed E-state index contributed by atoms with van der Waals surface area (Å²) in [5.41, 5.74) is 2.46. The lowest BCUT2D eigenvalue weighted by Crippen LogP contribution is -2.48. The lowest BCUT2D eigenvalue weighted by molar-refractivity contribution is -0.00521. The predicted molar refractivity (Wildman–Crippen MR) is 154 cm³/mol. The SMILES string of the molecule is Cc1ccc(NC(=O)N=Cc2c(O)n(-c3ccc(C45CC6CC(CC(C6)C4)C5)cc3Br)c(=O)[nH]c2=O)c(C)c1. The quantitative estimate of drug-likeness (QED) is 0.336. The molecular formula is C30H31BrN4O4. The fourth-order valence-electron chi connectivity index (χ4n) is 7.59. The van der Waals surface area contributed by atoms with Crippen LogP contribution in [0.4, 0.5) is 10.5 Å². The summed E-state index contributed by atoms with van der Waals surface area (Å²) in [7, 11) is 0. The molecule has 1 heterocycles. The Morgan fingerprint density at radius 3 is 2.36 bits per heavy atom. The zero-order valence-electron chi connectivity index (χ0n) is 22.0. The summed E-state index contributed by atoms with van der Waals surface area (Å²) in [6.07, 6.45) is 8.66. The Morgan fingerprint density at radius 2 is 1.74 bits per heavy atom. The molecule has 2 amide bonds. The molecule has 4 bridgehead atoms. The van der Waals surface area contributed by atoms with E-state index >= 15 is 0 Å². The van der Waals surface area contributed by atoms with Crippen LogP contribution in [0, 0.1) is 31.6 Å². The first-order valence-corrected chi connectivity index (χ1v) is 14.2. The molecule has 4 aliphatic carbocycles. The number of rotatable bonds is 4. The number of hydrogen-bond donors (Lipinski definition) is 3. The van der Waals surface area contributed by atoms with Gasteiger partial charge in [0.1, 0.15) is 5.56 Å². The first kappa shape index (κ1) is 25.8. The van der Waals surface area contributed by atoms with Crippen molar-refractivity contribution < 1.29 is 9.90 Å². The number of aromatic amines is 1. The van der Waals surface area contributed by atoms with E-state index < -0.39 is 23.2 Å². The standard InChI is InChI=1S/C30H31BrN4O4/c1-16-3-5-24(17(2)7-16)33-28(38)32-15-22-26(36)34-29(39)35(27(22)37)25-6-4-21(11-23(25)31)30-12-18-8-19(13-30)10-20(9-18)14-30/h3-7,11,15,18-20,37H,8-10,12-14H2,1-2H3,(H,33,38)(H,34,36,39). The molecule has 0 unspecified atom stereocenters. The maximum atomic E-state index is 12.8. The number of hydrogen-bond acceptors (Lipinski definition) is 4. The lowest BCUT2D eigenvalue weighted by atomic mass is 9.48. The van der Waals surface area contributed by atoms with Gasteiger partial charge >= 0.3 is 11.7 Å². The Morgan fingerprint density at radius 1 is 1.08 bits per heavy atom. The number of aromatic nitrogens is 2. The fourth-order valence-corrected chi connectivity index (χ4v) is 8.14. The number of nitrogens with one attached hydrogen (secondary N) is 2. The number of aryl methyl sites for hydroxylation is 2. The van der Waals surface area contributed by atoms with Gasteiger partial charge in [-0.05, 0) is 121 Å². The molecule has 39 heavy (non-hydrogen) atoms. The number of benzene rings is 2. The third-order valence-electron chi connectivity index (χ3n) is 8.89. The van der Waals surface area contributed by atoms with E-state index in [1.165, 1.54) is 44.1 Å². The van der Waals surface area contributed by atoms with Crippen molar-refractivity contribution in [1.82, 2.24) is 9.55 Å². The number of anilines is 1. The van der Waals surface area contributed by atoms with Crippen molar-refractivity contribution >= 4 is 33.9 Å². The molecule has 4 fully saturated rings. The van der Waals surface area contributed by atoms with Crippen LogP contribution in [0.25, 0.3) is 5.69 Å². The zero-order chi connectivity index (χ0) is 27.5. The second kappa shape index (κ2) is 9.62. The minimum atomic E-state index is -0.835. The van der Waals surface area contributed by atoms with Crippen LogP contribution in [0.15, 0.2) is 55.5 Å². The summed E-state index contributed by atoms with van der Waals surface area (Å²) >= 11 is 3.63. The average molecular weight is 592 g/mol. The number of nitrogens with zero attached hydrogens (tertiary/aromatic N) is 2. The van der Waals surface area contributed by atoms with Gasteiger partial charge in [0.25, 0.3) is 5.56 Å². The minimum Gasteiger partial charge on any atom is -0.493 e. The number of urea groups is 1. The van der Waals surface area contributed by atoms with Gasteiger partial charge in [-0.25, -0.2) is 19.1 Å². The van der Waals surface area contributed by atoms with Crippen molar-refractivity contribution in [2.75, 3.05) is 5.32 Å². The van der Waals surface area contributed by atoms with Gasteiger partial charge in [0, 0.05) is 10.2 Å². The van der Waals surface area contributed by atoms with Crippen LogP contribution in [0.5, 0.6) is 5.88 Å². The second-order valence-corrected chi connectivity index (χ2v) is 12.6. The van der Waals surface area contributed by atoms with Gasteiger partial charge in [0.15, 0.2) is 0 Å². The lowest BCUT2D eigenvalue weighted by Gasteiger charge is -2.57. The van der Waals surface area contributed by atoms with Crippen LogP contribution < -0.4 is 16.6 Å². The van der Waals surface area contributed by atoms with E-state index in [1.54, 1.807) is 6.07 Å². The normalized spacial score (nSPS) is 25.4. The van der Waals surface area contributed by atoms with E-state index in [4.69, 9.17) is 0 Å². The van der Waals surface area contributed by atoms with Gasteiger partial charge in [-0.3, -0.25) is 9.78 Å². The molecule has 0 atom stereocenters. The van der Waals surface area contributed by atoms with Crippen LogP contribution in [-0.4, -0.2) is 26.9 Å². The van der Waals surface area contributed by atoms with Crippen LogP contribution in [-0.2, 0) is 5.41 Å². The summed E-state index contributed by atoms with van der Waals surface area (Å²) in [6, 6.07) is 10.8. The molecule has 0 radical (unpaired) electrons. The number of carbonyl (C=O) groups is 1. The summed E-state index contributed by atoms with van der Waals surface area (Å²) < 4.78 is 1.67. The summed E-state index contributed by atoms with van der Waals surface area (Å²) in [4.78, 5) is 43.8. The maximum absolute atomic E-state index is 12.8. The number of halogens is 1. The monoisotopic (exact) mass is 590 g/mol. The van der Waals surface area contributed by atoms with Crippen LogP contribution in [0.3, 0.4) is 0 Å².